The Morgan fingerprint density at radius 2 is 1.94 bits per heavy atom. The Hall–Kier alpha value is -3.69. The maximum absolute atomic E-state index is 14.7. The van der Waals surface area contributed by atoms with Crippen LogP contribution >= 0.6 is 0 Å². The standard InChI is InChI=1S/C24H23FN4O4/c1-3-32-24(33-4-2)17-11-16-9-15(10-18(25)22(16)26-14-17)13-27-23(31)19-12-21(30)29-8-6-5-7-20(29)28-19/h5-12,14,24H,3-4,13H2,1-2H3,(H,27,31). The van der Waals surface area contributed by atoms with Crippen molar-refractivity contribution in [2.75, 3.05) is 13.2 Å². The molecule has 1 aromatic carbocycles. The molecule has 0 saturated carbocycles. The summed E-state index contributed by atoms with van der Waals surface area (Å²) in [4.78, 5) is 33.2. The lowest BCUT2D eigenvalue weighted by molar-refractivity contribution is -0.140. The monoisotopic (exact) mass is 450 g/mol. The third-order valence-electron chi connectivity index (χ3n) is 4.98. The number of hydrogen-bond donors (Lipinski definition) is 1. The molecule has 3 heterocycles. The van der Waals surface area contributed by atoms with Crippen LogP contribution in [0.5, 0.6) is 0 Å². The fourth-order valence-electron chi connectivity index (χ4n) is 3.50. The second kappa shape index (κ2) is 9.85. The highest BCUT2D eigenvalue weighted by atomic mass is 19.1. The number of rotatable bonds is 8. The number of pyridine rings is 2. The molecule has 3 aromatic heterocycles. The zero-order valence-electron chi connectivity index (χ0n) is 18.2. The van der Waals surface area contributed by atoms with Crippen LogP contribution in [0.15, 0.2) is 59.7 Å². The molecule has 0 bridgehead atoms. The average Bonchev–Trinajstić information content (AvgIpc) is 2.82. The molecule has 9 heteroatoms. The predicted octanol–water partition coefficient (Wildman–Crippen LogP) is 3.38. The molecular weight excluding hydrogens is 427 g/mol. The first kappa shape index (κ1) is 22.5. The van der Waals surface area contributed by atoms with E-state index in [-0.39, 0.29) is 23.3 Å². The maximum atomic E-state index is 14.7. The third-order valence-corrected chi connectivity index (χ3v) is 4.98. The van der Waals surface area contributed by atoms with Crippen LogP contribution in [0.1, 0.15) is 41.8 Å². The van der Waals surface area contributed by atoms with Gasteiger partial charge in [0.15, 0.2) is 6.29 Å². The van der Waals surface area contributed by atoms with Gasteiger partial charge in [-0.25, -0.2) is 9.37 Å². The number of aromatic nitrogens is 3. The topological polar surface area (TPSA) is 94.8 Å². The number of fused-ring (bicyclic) bond motifs is 2. The number of halogens is 1. The molecule has 4 aromatic rings. The Balaban J connectivity index is 1.57. The highest BCUT2D eigenvalue weighted by Gasteiger charge is 2.15. The lowest BCUT2D eigenvalue weighted by Crippen LogP contribution is -2.27. The molecule has 0 aliphatic carbocycles. The summed E-state index contributed by atoms with van der Waals surface area (Å²) < 4.78 is 27.2. The summed E-state index contributed by atoms with van der Waals surface area (Å²) in [7, 11) is 0. The van der Waals surface area contributed by atoms with Crippen LogP contribution in [0.25, 0.3) is 16.6 Å². The lowest BCUT2D eigenvalue weighted by atomic mass is 10.1. The zero-order chi connectivity index (χ0) is 23.4. The summed E-state index contributed by atoms with van der Waals surface area (Å²) in [6, 6.07) is 11.1. The van der Waals surface area contributed by atoms with Crippen molar-refractivity contribution >= 4 is 22.5 Å². The number of carbonyl (C=O) groups is 1. The van der Waals surface area contributed by atoms with Crippen molar-refractivity contribution in [3.05, 3.63) is 87.9 Å². The van der Waals surface area contributed by atoms with E-state index in [0.717, 1.165) is 0 Å². The van der Waals surface area contributed by atoms with Gasteiger partial charge in [-0.1, -0.05) is 6.07 Å². The second-order valence-electron chi connectivity index (χ2n) is 7.25. The van der Waals surface area contributed by atoms with E-state index in [1.165, 1.54) is 22.7 Å². The van der Waals surface area contributed by atoms with Gasteiger partial charge in [-0.3, -0.25) is 19.0 Å². The molecule has 1 N–H and O–H groups in total. The van der Waals surface area contributed by atoms with Gasteiger partial charge in [0.25, 0.3) is 11.5 Å². The first-order valence-corrected chi connectivity index (χ1v) is 10.6. The molecule has 0 saturated heterocycles. The van der Waals surface area contributed by atoms with Gasteiger partial charge in [-0.05, 0) is 49.7 Å². The predicted molar refractivity (Wildman–Crippen MR) is 120 cm³/mol. The molecule has 1 amide bonds. The largest absolute Gasteiger partial charge is 0.349 e. The van der Waals surface area contributed by atoms with Crippen LogP contribution in [0.3, 0.4) is 0 Å². The summed E-state index contributed by atoms with van der Waals surface area (Å²) in [5, 5.41) is 3.25. The molecule has 0 unspecified atom stereocenters. The van der Waals surface area contributed by atoms with Gasteiger partial charge in [0, 0.05) is 49.2 Å². The molecule has 0 aliphatic rings. The smallest absolute Gasteiger partial charge is 0.270 e. The van der Waals surface area contributed by atoms with Crippen molar-refractivity contribution in [1.29, 1.82) is 0 Å². The summed E-state index contributed by atoms with van der Waals surface area (Å²) in [5.74, 6) is -1.03. The number of nitrogens with one attached hydrogen (secondary N) is 1. The second-order valence-corrected chi connectivity index (χ2v) is 7.25. The van der Waals surface area contributed by atoms with E-state index in [4.69, 9.17) is 9.47 Å². The fourth-order valence-corrected chi connectivity index (χ4v) is 3.50. The van der Waals surface area contributed by atoms with Gasteiger partial charge in [0.2, 0.25) is 0 Å². The summed E-state index contributed by atoms with van der Waals surface area (Å²) >= 11 is 0. The zero-order valence-corrected chi connectivity index (χ0v) is 18.2. The van der Waals surface area contributed by atoms with Crippen molar-refractivity contribution in [1.82, 2.24) is 19.7 Å². The Labute approximate surface area is 189 Å². The number of hydrogen-bond acceptors (Lipinski definition) is 6. The SMILES string of the molecule is CCOC(OCC)c1cnc2c(F)cc(CNC(=O)c3cc(=O)n4ccccc4n3)cc2c1. The van der Waals surface area contributed by atoms with E-state index in [1.807, 2.05) is 13.8 Å². The first-order chi connectivity index (χ1) is 16.0. The third kappa shape index (κ3) is 4.89. The normalized spacial score (nSPS) is 11.4. The van der Waals surface area contributed by atoms with E-state index in [1.54, 1.807) is 36.5 Å². The Morgan fingerprint density at radius 1 is 1.15 bits per heavy atom. The molecule has 8 nitrogen and oxygen atoms in total. The number of carbonyl (C=O) groups excluding carboxylic acids is 1. The van der Waals surface area contributed by atoms with Crippen molar-refractivity contribution < 1.29 is 18.7 Å². The summed E-state index contributed by atoms with van der Waals surface area (Å²) in [5.41, 5.74) is 1.42. The minimum atomic E-state index is -0.596. The first-order valence-electron chi connectivity index (χ1n) is 10.6. The fraction of sp³-hybridized carbons (Fsp3) is 0.250. The highest BCUT2D eigenvalue weighted by Crippen LogP contribution is 2.25. The quantitative estimate of drug-likeness (QED) is 0.414. The maximum Gasteiger partial charge on any atom is 0.270 e. The average molecular weight is 450 g/mol. The van der Waals surface area contributed by atoms with Crippen LogP contribution in [-0.2, 0) is 16.0 Å². The Kier molecular flexibility index (Phi) is 6.71. The Morgan fingerprint density at radius 3 is 2.70 bits per heavy atom. The van der Waals surface area contributed by atoms with Crippen molar-refractivity contribution in [3.63, 3.8) is 0 Å². The van der Waals surface area contributed by atoms with Gasteiger partial charge in [0.1, 0.15) is 22.7 Å². The number of benzene rings is 1. The van der Waals surface area contributed by atoms with Crippen molar-refractivity contribution in [3.8, 4) is 0 Å². The van der Waals surface area contributed by atoms with Gasteiger partial charge < -0.3 is 14.8 Å². The van der Waals surface area contributed by atoms with Crippen LogP contribution < -0.4 is 10.9 Å². The van der Waals surface area contributed by atoms with Gasteiger partial charge in [0.05, 0.1) is 0 Å². The molecule has 4 rings (SSSR count). The van der Waals surface area contributed by atoms with Crippen LogP contribution in [0, 0.1) is 5.82 Å². The van der Waals surface area contributed by atoms with E-state index in [2.05, 4.69) is 15.3 Å². The van der Waals surface area contributed by atoms with Crippen molar-refractivity contribution in [2.24, 2.45) is 0 Å². The molecule has 0 atom stereocenters. The number of nitrogens with zero attached hydrogens (tertiary/aromatic N) is 3. The van der Waals surface area contributed by atoms with Gasteiger partial charge in [-0.15, -0.1) is 0 Å². The van der Waals surface area contributed by atoms with E-state index >= 15 is 0 Å². The van der Waals surface area contributed by atoms with Gasteiger partial charge >= 0.3 is 0 Å². The number of amides is 1. The van der Waals surface area contributed by atoms with E-state index in [0.29, 0.717) is 35.4 Å². The van der Waals surface area contributed by atoms with E-state index in [9.17, 15) is 14.0 Å². The number of ether oxygens (including phenoxy) is 2. The summed E-state index contributed by atoms with van der Waals surface area (Å²) in [6.45, 7) is 4.68. The lowest BCUT2D eigenvalue weighted by Gasteiger charge is -2.17. The molecule has 170 valence electrons. The molecule has 0 fully saturated rings. The molecular formula is C24H23FN4O4. The Bertz CT molecular complexity index is 1370. The van der Waals surface area contributed by atoms with Crippen LogP contribution in [-0.4, -0.2) is 33.5 Å². The highest BCUT2D eigenvalue weighted by molar-refractivity contribution is 5.92. The molecule has 0 radical (unpaired) electrons. The van der Waals surface area contributed by atoms with E-state index < -0.39 is 18.0 Å². The minimum absolute atomic E-state index is 0.00677. The van der Waals surface area contributed by atoms with Gasteiger partial charge in [-0.2, -0.15) is 0 Å². The van der Waals surface area contributed by atoms with Crippen LogP contribution in [0.4, 0.5) is 4.39 Å². The minimum Gasteiger partial charge on any atom is -0.349 e. The summed E-state index contributed by atoms with van der Waals surface area (Å²) in [6.07, 6.45) is 2.52. The van der Waals surface area contributed by atoms with Crippen molar-refractivity contribution in [2.45, 2.75) is 26.7 Å². The molecule has 33 heavy (non-hydrogen) atoms. The molecule has 0 spiro atoms. The molecule has 0 aliphatic heterocycles. The van der Waals surface area contributed by atoms with Crippen LogP contribution in [0.2, 0.25) is 0 Å².